The van der Waals surface area contributed by atoms with Crippen LogP contribution in [-0.2, 0) is 0 Å². The number of hydrogen-bond donors (Lipinski definition) is 1. The molecule has 0 amide bonds. The molecule has 0 radical (unpaired) electrons. The summed E-state index contributed by atoms with van der Waals surface area (Å²) >= 11 is 3.50. The minimum absolute atomic E-state index is 0.233. The zero-order chi connectivity index (χ0) is 12.3. The van der Waals surface area contributed by atoms with Crippen LogP contribution in [0.3, 0.4) is 0 Å². The van der Waals surface area contributed by atoms with Crippen LogP contribution >= 0.6 is 15.9 Å². The molecule has 0 aliphatic heterocycles. The van der Waals surface area contributed by atoms with E-state index >= 15 is 0 Å². The van der Waals surface area contributed by atoms with Crippen LogP contribution in [0.2, 0.25) is 0 Å². The predicted molar refractivity (Wildman–Crippen MR) is 74.5 cm³/mol. The van der Waals surface area contributed by atoms with Crippen molar-refractivity contribution in [2.75, 3.05) is 0 Å². The first-order chi connectivity index (χ1) is 8.24. The summed E-state index contributed by atoms with van der Waals surface area (Å²) in [6, 6.07) is 5.93. The summed E-state index contributed by atoms with van der Waals surface area (Å²) < 4.78 is 0.982. The van der Waals surface area contributed by atoms with Gasteiger partial charge in [-0.2, -0.15) is 0 Å². The van der Waals surface area contributed by atoms with E-state index in [0.29, 0.717) is 6.42 Å². The van der Waals surface area contributed by atoms with Gasteiger partial charge in [-0.1, -0.05) is 41.8 Å². The summed E-state index contributed by atoms with van der Waals surface area (Å²) in [5, 5.41) is 1.01. The Morgan fingerprint density at radius 1 is 1.35 bits per heavy atom. The van der Waals surface area contributed by atoms with Gasteiger partial charge in [0.05, 0.1) is 0 Å². The van der Waals surface area contributed by atoms with Crippen molar-refractivity contribution in [3.63, 3.8) is 0 Å². The molecule has 2 nitrogen and oxygen atoms in total. The van der Waals surface area contributed by atoms with Crippen molar-refractivity contribution in [3.8, 4) is 0 Å². The van der Waals surface area contributed by atoms with Gasteiger partial charge >= 0.3 is 0 Å². The molecule has 2 rings (SSSR count). The number of aromatic nitrogens is 1. The second-order valence-corrected chi connectivity index (χ2v) is 5.10. The minimum atomic E-state index is 0.233. The molecule has 0 spiro atoms. The Bertz CT molecular complexity index is 530. The van der Waals surface area contributed by atoms with E-state index in [1.54, 1.807) is 0 Å². The highest BCUT2D eigenvalue weighted by Gasteiger charge is 2.13. The Kier molecular flexibility index (Phi) is 4.00. The first kappa shape index (κ1) is 12.4. The Hall–Kier alpha value is -1.09. The smallest absolute Gasteiger partial charge is 0.165 e. The molecule has 0 unspecified atom stereocenters. The number of Topliss-reactive ketones (excluding diaryl/α,β-unsaturated/α-hetero) is 1. The fourth-order valence-corrected chi connectivity index (χ4v) is 2.61. The van der Waals surface area contributed by atoms with Crippen LogP contribution in [0.1, 0.15) is 43.0 Å². The third-order valence-electron chi connectivity index (χ3n) is 2.96. The number of carbonyl (C=O) groups is 1. The molecule has 0 fully saturated rings. The number of halogens is 1. The summed E-state index contributed by atoms with van der Waals surface area (Å²) in [5.74, 6) is 0.233. The highest BCUT2D eigenvalue weighted by atomic mass is 79.9. The lowest BCUT2D eigenvalue weighted by molar-refractivity contribution is 0.0981. The van der Waals surface area contributed by atoms with E-state index < -0.39 is 0 Å². The number of carbonyl (C=O) groups excluding carboxylic acids is 1. The summed E-state index contributed by atoms with van der Waals surface area (Å²) in [6.07, 6.45) is 5.71. The first-order valence-corrected chi connectivity index (χ1v) is 6.82. The summed E-state index contributed by atoms with van der Waals surface area (Å²) in [4.78, 5) is 15.3. The average Bonchev–Trinajstić information content (AvgIpc) is 2.74. The van der Waals surface area contributed by atoms with E-state index in [0.717, 1.165) is 40.2 Å². The average molecular weight is 294 g/mol. The monoisotopic (exact) mass is 293 g/mol. The van der Waals surface area contributed by atoms with Crippen molar-refractivity contribution >= 4 is 32.6 Å². The van der Waals surface area contributed by atoms with Crippen LogP contribution in [-0.4, -0.2) is 10.8 Å². The van der Waals surface area contributed by atoms with Crippen molar-refractivity contribution in [2.45, 2.75) is 32.6 Å². The van der Waals surface area contributed by atoms with Crippen LogP contribution in [0.25, 0.3) is 10.9 Å². The lowest BCUT2D eigenvalue weighted by atomic mass is 10.0. The third-order valence-corrected chi connectivity index (χ3v) is 3.62. The largest absolute Gasteiger partial charge is 0.360 e. The van der Waals surface area contributed by atoms with Crippen LogP contribution < -0.4 is 0 Å². The molecule has 0 saturated heterocycles. The molecule has 2 aromatic rings. The molecule has 0 aliphatic carbocycles. The molecule has 1 heterocycles. The van der Waals surface area contributed by atoms with Crippen molar-refractivity contribution in [1.82, 2.24) is 4.98 Å². The molecule has 1 aromatic heterocycles. The van der Waals surface area contributed by atoms with Gasteiger partial charge in [-0.15, -0.1) is 0 Å². The molecular weight excluding hydrogens is 278 g/mol. The molecule has 1 N–H and O–H groups in total. The summed E-state index contributed by atoms with van der Waals surface area (Å²) in [5.41, 5.74) is 1.82. The van der Waals surface area contributed by atoms with Gasteiger partial charge in [-0.3, -0.25) is 4.79 Å². The number of ketones is 1. The van der Waals surface area contributed by atoms with E-state index in [-0.39, 0.29) is 5.78 Å². The second-order valence-electron chi connectivity index (χ2n) is 4.25. The number of benzene rings is 1. The number of unbranched alkanes of at least 4 members (excludes halogenated alkanes) is 2. The van der Waals surface area contributed by atoms with Gasteiger partial charge in [0.2, 0.25) is 0 Å². The minimum Gasteiger partial charge on any atom is -0.360 e. The quantitative estimate of drug-likeness (QED) is 0.629. The first-order valence-electron chi connectivity index (χ1n) is 6.03. The van der Waals surface area contributed by atoms with E-state index in [4.69, 9.17) is 0 Å². The summed E-state index contributed by atoms with van der Waals surface area (Å²) in [7, 11) is 0. The maximum absolute atomic E-state index is 12.1. The van der Waals surface area contributed by atoms with Gasteiger partial charge in [0.1, 0.15) is 0 Å². The molecule has 1 aromatic carbocycles. The van der Waals surface area contributed by atoms with E-state index in [9.17, 15) is 4.79 Å². The maximum Gasteiger partial charge on any atom is 0.165 e. The van der Waals surface area contributed by atoms with Gasteiger partial charge in [0.15, 0.2) is 5.78 Å². The van der Waals surface area contributed by atoms with E-state index in [2.05, 4.69) is 27.8 Å². The molecule has 0 atom stereocenters. The highest BCUT2D eigenvalue weighted by molar-refractivity contribution is 9.10. The van der Waals surface area contributed by atoms with Crippen LogP contribution in [0.4, 0.5) is 0 Å². The number of rotatable bonds is 5. The van der Waals surface area contributed by atoms with Gasteiger partial charge in [0, 0.05) is 33.6 Å². The zero-order valence-corrected chi connectivity index (χ0v) is 11.5. The van der Waals surface area contributed by atoms with Crippen molar-refractivity contribution < 1.29 is 4.79 Å². The lowest BCUT2D eigenvalue weighted by Crippen LogP contribution is -1.97. The third kappa shape index (κ3) is 2.60. The molecule has 17 heavy (non-hydrogen) atoms. The lowest BCUT2D eigenvalue weighted by Gasteiger charge is -2.00. The molecule has 3 heteroatoms. The number of nitrogens with one attached hydrogen (secondary N) is 1. The van der Waals surface area contributed by atoms with Crippen molar-refractivity contribution in [2.24, 2.45) is 0 Å². The van der Waals surface area contributed by atoms with Gasteiger partial charge in [-0.25, -0.2) is 0 Å². The zero-order valence-electron chi connectivity index (χ0n) is 9.92. The molecule has 0 bridgehead atoms. The predicted octanol–water partition coefficient (Wildman–Crippen LogP) is 4.69. The molecule has 0 aliphatic rings. The number of fused-ring (bicyclic) bond motifs is 1. The fraction of sp³-hybridized carbons (Fsp3) is 0.357. The number of aromatic amines is 1. The van der Waals surface area contributed by atoms with Crippen molar-refractivity contribution in [3.05, 3.63) is 34.4 Å². The second kappa shape index (κ2) is 5.50. The Balaban J connectivity index is 2.26. The van der Waals surface area contributed by atoms with Gasteiger partial charge in [-0.05, 0) is 18.6 Å². The van der Waals surface area contributed by atoms with Crippen molar-refractivity contribution in [1.29, 1.82) is 0 Å². The van der Waals surface area contributed by atoms with E-state index in [1.165, 1.54) is 0 Å². The molecular formula is C14H16BrNO. The topological polar surface area (TPSA) is 32.9 Å². The normalized spacial score (nSPS) is 10.9. The van der Waals surface area contributed by atoms with E-state index in [1.807, 2.05) is 24.4 Å². The summed E-state index contributed by atoms with van der Waals surface area (Å²) in [6.45, 7) is 2.15. The Morgan fingerprint density at radius 3 is 2.94 bits per heavy atom. The Labute approximate surface area is 110 Å². The Morgan fingerprint density at radius 2 is 2.18 bits per heavy atom. The van der Waals surface area contributed by atoms with Crippen LogP contribution in [0, 0.1) is 0 Å². The number of hydrogen-bond acceptors (Lipinski definition) is 1. The fourth-order valence-electron chi connectivity index (χ4n) is 2.03. The highest BCUT2D eigenvalue weighted by Crippen LogP contribution is 2.28. The number of H-pyrrole nitrogens is 1. The molecule has 90 valence electrons. The molecule has 0 saturated carbocycles. The van der Waals surface area contributed by atoms with Gasteiger partial charge in [0.25, 0.3) is 0 Å². The maximum atomic E-state index is 12.1. The van der Waals surface area contributed by atoms with Crippen LogP contribution in [0.15, 0.2) is 28.9 Å². The SMILES string of the molecule is CCCCCC(=O)c1c[nH]c2cccc(Br)c12. The van der Waals surface area contributed by atoms with Gasteiger partial charge < -0.3 is 4.98 Å². The standard InChI is InChI=1S/C14H16BrNO/c1-2-3-4-8-13(17)10-9-16-12-7-5-6-11(15)14(10)12/h5-7,9,16H,2-4,8H2,1H3. The van der Waals surface area contributed by atoms with Crippen LogP contribution in [0.5, 0.6) is 0 Å².